The molecule has 0 aliphatic carbocycles. The molecule has 4 rings (SSSR count). The van der Waals surface area contributed by atoms with Gasteiger partial charge in [-0.3, -0.25) is 9.69 Å². The number of benzene rings is 1. The fourth-order valence-electron chi connectivity index (χ4n) is 3.53. The van der Waals surface area contributed by atoms with Crippen LogP contribution in [-0.2, 0) is 0 Å². The molecule has 2 aliphatic heterocycles. The van der Waals surface area contributed by atoms with Crippen LogP contribution in [-0.4, -0.2) is 30.2 Å². The maximum absolute atomic E-state index is 12.6. The van der Waals surface area contributed by atoms with Crippen molar-refractivity contribution in [2.24, 2.45) is 0 Å². The second-order valence-corrected chi connectivity index (χ2v) is 7.83. The Bertz CT molecular complexity index is 787. The van der Waals surface area contributed by atoms with Crippen LogP contribution in [0.5, 0.6) is 11.5 Å². The van der Waals surface area contributed by atoms with Crippen LogP contribution in [0.1, 0.15) is 47.3 Å². The molecule has 25 heavy (non-hydrogen) atoms. The standard InChI is InChI=1S/C19H22N2O3S/c1-12(2)21-9-3-4-14(21)17-7-8-18(25-17)19(22)20-13-5-6-15-16(10-13)24-11-23-15/h5-8,10,12,14H,3-4,9,11H2,1-2H3,(H,20,22). The minimum absolute atomic E-state index is 0.0794. The van der Waals surface area contributed by atoms with Crippen LogP contribution in [0.15, 0.2) is 30.3 Å². The summed E-state index contributed by atoms with van der Waals surface area (Å²) in [6, 6.07) is 10.4. The largest absolute Gasteiger partial charge is 0.454 e. The lowest BCUT2D eigenvalue weighted by molar-refractivity contribution is 0.103. The zero-order valence-electron chi connectivity index (χ0n) is 14.5. The van der Waals surface area contributed by atoms with E-state index in [1.807, 2.05) is 18.2 Å². The van der Waals surface area contributed by atoms with E-state index in [0.717, 1.165) is 11.4 Å². The third-order valence-corrected chi connectivity index (χ3v) is 5.95. The van der Waals surface area contributed by atoms with E-state index < -0.39 is 0 Å². The number of fused-ring (bicyclic) bond motifs is 1. The van der Waals surface area contributed by atoms with Gasteiger partial charge in [0.05, 0.1) is 4.88 Å². The third-order valence-electron chi connectivity index (χ3n) is 4.77. The summed E-state index contributed by atoms with van der Waals surface area (Å²) < 4.78 is 10.7. The quantitative estimate of drug-likeness (QED) is 0.886. The van der Waals surface area contributed by atoms with Gasteiger partial charge < -0.3 is 14.8 Å². The second kappa shape index (κ2) is 6.69. The Morgan fingerprint density at radius 2 is 2.08 bits per heavy atom. The molecule has 1 saturated heterocycles. The lowest BCUT2D eigenvalue weighted by Gasteiger charge is -2.27. The molecule has 5 nitrogen and oxygen atoms in total. The molecular weight excluding hydrogens is 336 g/mol. The Balaban J connectivity index is 1.47. The van der Waals surface area contributed by atoms with Crippen molar-refractivity contribution in [2.45, 2.75) is 38.8 Å². The number of likely N-dealkylation sites (tertiary alicyclic amines) is 1. The molecule has 1 N–H and O–H groups in total. The molecule has 1 amide bonds. The summed E-state index contributed by atoms with van der Waals surface area (Å²) in [5.41, 5.74) is 0.717. The summed E-state index contributed by atoms with van der Waals surface area (Å²) in [5.74, 6) is 1.30. The lowest BCUT2D eigenvalue weighted by atomic mass is 10.1. The predicted molar refractivity (Wildman–Crippen MR) is 98.7 cm³/mol. The highest BCUT2D eigenvalue weighted by Crippen LogP contribution is 2.38. The lowest BCUT2D eigenvalue weighted by Crippen LogP contribution is -2.29. The van der Waals surface area contributed by atoms with Gasteiger partial charge in [0.15, 0.2) is 11.5 Å². The number of carbonyl (C=O) groups is 1. The van der Waals surface area contributed by atoms with Crippen LogP contribution >= 0.6 is 11.3 Å². The van der Waals surface area contributed by atoms with Crippen LogP contribution in [0.25, 0.3) is 0 Å². The molecule has 1 atom stereocenters. The number of anilines is 1. The van der Waals surface area contributed by atoms with Crippen molar-refractivity contribution in [3.8, 4) is 11.5 Å². The smallest absolute Gasteiger partial charge is 0.265 e. The molecule has 0 bridgehead atoms. The number of rotatable bonds is 4. The van der Waals surface area contributed by atoms with E-state index >= 15 is 0 Å². The first-order valence-corrected chi connectivity index (χ1v) is 9.50. The van der Waals surface area contributed by atoms with Crippen molar-refractivity contribution in [1.29, 1.82) is 0 Å². The van der Waals surface area contributed by atoms with Crippen molar-refractivity contribution in [3.05, 3.63) is 40.1 Å². The van der Waals surface area contributed by atoms with Gasteiger partial charge in [-0.05, 0) is 57.5 Å². The van der Waals surface area contributed by atoms with Gasteiger partial charge >= 0.3 is 0 Å². The zero-order chi connectivity index (χ0) is 17.4. The third kappa shape index (κ3) is 3.24. The normalized spacial score (nSPS) is 19.6. The summed E-state index contributed by atoms with van der Waals surface area (Å²) in [7, 11) is 0. The summed E-state index contributed by atoms with van der Waals surface area (Å²) >= 11 is 1.59. The van der Waals surface area contributed by atoms with E-state index in [9.17, 15) is 4.79 Å². The Morgan fingerprint density at radius 1 is 1.24 bits per heavy atom. The monoisotopic (exact) mass is 358 g/mol. The molecule has 0 spiro atoms. The first-order chi connectivity index (χ1) is 12.1. The fraction of sp³-hybridized carbons (Fsp3) is 0.421. The molecule has 1 aromatic carbocycles. The van der Waals surface area contributed by atoms with Crippen LogP contribution in [0.3, 0.4) is 0 Å². The van der Waals surface area contributed by atoms with E-state index in [2.05, 4.69) is 30.1 Å². The molecule has 1 fully saturated rings. The van der Waals surface area contributed by atoms with Gasteiger partial charge in [0, 0.05) is 28.7 Å². The van der Waals surface area contributed by atoms with E-state index in [1.54, 1.807) is 17.4 Å². The summed E-state index contributed by atoms with van der Waals surface area (Å²) in [6.45, 7) is 5.84. The van der Waals surface area contributed by atoms with E-state index in [4.69, 9.17) is 9.47 Å². The minimum Gasteiger partial charge on any atom is -0.454 e. The molecule has 0 saturated carbocycles. The molecule has 1 unspecified atom stereocenters. The summed E-state index contributed by atoms with van der Waals surface area (Å²) in [4.78, 5) is 17.1. The number of hydrogen-bond acceptors (Lipinski definition) is 5. The number of hydrogen-bond donors (Lipinski definition) is 1. The van der Waals surface area contributed by atoms with Crippen LogP contribution in [0.4, 0.5) is 5.69 Å². The van der Waals surface area contributed by atoms with Crippen molar-refractivity contribution >= 4 is 22.9 Å². The maximum Gasteiger partial charge on any atom is 0.265 e. The van der Waals surface area contributed by atoms with Crippen molar-refractivity contribution in [2.75, 3.05) is 18.7 Å². The topological polar surface area (TPSA) is 50.8 Å². The number of carbonyl (C=O) groups excluding carboxylic acids is 1. The average molecular weight is 358 g/mol. The highest BCUT2D eigenvalue weighted by Gasteiger charge is 2.29. The number of nitrogens with zero attached hydrogens (tertiary/aromatic N) is 1. The highest BCUT2D eigenvalue weighted by atomic mass is 32.1. The molecular formula is C19H22N2O3S. The highest BCUT2D eigenvalue weighted by molar-refractivity contribution is 7.14. The van der Waals surface area contributed by atoms with E-state index in [0.29, 0.717) is 29.3 Å². The van der Waals surface area contributed by atoms with Crippen LogP contribution < -0.4 is 14.8 Å². The maximum atomic E-state index is 12.6. The van der Waals surface area contributed by atoms with Crippen molar-refractivity contribution in [1.82, 2.24) is 4.90 Å². The Kier molecular flexibility index (Phi) is 4.39. The molecule has 3 heterocycles. The van der Waals surface area contributed by atoms with Crippen LogP contribution in [0.2, 0.25) is 0 Å². The van der Waals surface area contributed by atoms with Gasteiger partial charge in [0.1, 0.15) is 0 Å². The number of nitrogens with one attached hydrogen (secondary N) is 1. The van der Waals surface area contributed by atoms with E-state index in [1.165, 1.54) is 17.7 Å². The van der Waals surface area contributed by atoms with Crippen molar-refractivity contribution < 1.29 is 14.3 Å². The molecule has 6 heteroatoms. The molecule has 2 aliphatic rings. The number of ether oxygens (including phenoxy) is 2. The zero-order valence-corrected chi connectivity index (χ0v) is 15.3. The number of thiophene rings is 1. The Labute approximate surface area is 151 Å². The number of amides is 1. The Morgan fingerprint density at radius 3 is 2.92 bits per heavy atom. The predicted octanol–water partition coefficient (Wildman–Crippen LogP) is 4.27. The van der Waals surface area contributed by atoms with Gasteiger partial charge in [0.2, 0.25) is 6.79 Å². The molecule has 2 aromatic rings. The van der Waals surface area contributed by atoms with Gasteiger partial charge in [-0.25, -0.2) is 0 Å². The average Bonchev–Trinajstić information content (AvgIpc) is 3.33. The van der Waals surface area contributed by atoms with Gasteiger partial charge in [-0.1, -0.05) is 0 Å². The SMILES string of the molecule is CC(C)N1CCCC1c1ccc(C(=O)Nc2ccc3c(c2)OCO3)s1. The fourth-order valence-corrected chi connectivity index (χ4v) is 4.59. The first kappa shape index (κ1) is 16.4. The van der Waals surface area contributed by atoms with E-state index in [-0.39, 0.29) is 12.7 Å². The summed E-state index contributed by atoms with van der Waals surface area (Å²) in [6.07, 6.45) is 2.39. The van der Waals surface area contributed by atoms with Gasteiger partial charge in [0.25, 0.3) is 5.91 Å². The van der Waals surface area contributed by atoms with Gasteiger partial charge in [-0.15, -0.1) is 11.3 Å². The van der Waals surface area contributed by atoms with Crippen molar-refractivity contribution in [3.63, 3.8) is 0 Å². The van der Waals surface area contributed by atoms with Crippen LogP contribution in [0, 0.1) is 0 Å². The van der Waals surface area contributed by atoms with Gasteiger partial charge in [-0.2, -0.15) is 0 Å². The first-order valence-electron chi connectivity index (χ1n) is 8.68. The molecule has 1 aromatic heterocycles. The molecule has 0 radical (unpaired) electrons. The second-order valence-electron chi connectivity index (χ2n) is 6.71. The molecule has 132 valence electrons. The summed E-state index contributed by atoms with van der Waals surface area (Å²) in [5, 5.41) is 2.95. The Hall–Kier alpha value is -2.05. The minimum atomic E-state index is -0.0794.